The molecule has 1 saturated heterocycles. The van der Waals surface area contributed by atoms with Crippen molar-refractivity contribution in [2.75, 3.05) is 11.5 Å². The highest BCUT2D eigenvalue weighted by atomic mass is 32.2. The predicted octanol–water partition coefficient (Wildman–Crippen LogP) is 1.82. The molecule has 0 aromatic rings. The number of terminal acetylenes is 1. The molecule has 0 bridgehead atoms. The molecule has 1 aliphatic heterocycles. The Morgan fingerprint density at radius 1 is 1.58 bits per heavy atom. The lowest BCUT2D eigenvalue weighted by Gasteiger charge is -2.25. The third-order valence-electron chi connectivity index (χ3n) is 1.78. The first-order chi connectivity index (χ1) is 5.75. The Morgan fingerprint density at radius 2 is 2.25 bits per heavy atom. The van der Waals surface area contributed by atoms with Gasteiger partial charge in [0, 0.05) is 16.8 Å². The first kappa shape index (κ1) is 10.0. The SMILES string of the molecule is C#CCC(=O)C1SCCSC1C. The van der Waals surface area contributed by atoms with Gasteiger partial charge >= 0.3 is 0 Å². The zero-order chi connectivity index (χ0) is 8.97. The quantitative estimate of drug-likeness (QED) is 0.633. The fourth-order valence-electron chi connectivity index (χ4n) is 1.19. The maximum atomic E-state index is 11.4. The highest BCUT2D eigenvalue weighted by molar-refractivity contribution is 8.07. The second kappa shape index (κ2) is 4.84. The third-order valence-corrected chi connectivity index (χ3v) is 4.92. The number of carbonyl (C=O) groups is 1. The second-order valence-corrected chi connectivity index (χ2v) is 5.45. The molecule has 0 aromatic heterocycles. The van der Waals surface area contributed by atoms with E-state index in [1.807, 2.05) is 11.8 Å². The molecule has 0 amide bonds. The topological polar surface area (TPSA) is 17.1 Å². The minimum atomic E-state index is 0.139. The first-order valence-corrected chi connectivity index (χ1v) is 6.05. The van der Waals surface area contributed by atoms with Crippen LogP contribution in [0.2, 0.25) is 0 Å². The standard InChI is InChI=1S/C9H12OS2/c1-3-4-8(10)9-7(2)11-5-6-12-9/h1,7,9H,4-6H2,2H3. The zero-order valence-corrected chi connectivity index (χ0v) is 8.71. The van der Waals surface area contributed by atoms with Gasteiger partial charge in [0.15, 0.2) is 5.78 Å². The van der Waals surface area contributed by atoms with Gasteiger partial charge in [0.05, 0.1) is 11.7 Å². The molecule has 1 rings (SSSR count). The summed E-state index contributed by atoms with van der Waals surface area (Å²) >= 11 is 3.62. The van der Waals surface area contributed by atoms with E-state index in [-0.39, 0.29) is 11.0 Å². The van der Waals surface area contributed by atoms with E-state index in [1.54, 1.807) is 11.8 Å². The average molecular weight is 200 g/mol. The van der Waals surface area contributed by atoms with Crippen molar-refractivity contribution in [3.8, 4) is 12.3 Å². The minimum Gasteiger partial charge on any atom is -0.297 e. The number of thioether (sulfide) groups is 2. The van der Waals surface area contributed by atoms with Gasteiger partial charge in [0.25, 0.3) is 0 Å². The van der Waals surface area contributed by atoms with Crippen LogP contribution in [0.4, 0.5) is 0 Å². The summed E-state index contributed by atoms with van der Waals surface area (Å²) in [5, 5.41) is 0.574. The van der Waals surface area contributed by atoms with E-state index in [9.17, 15) is 4.79 Å². The van der Waals surface area contributed by atoms with E-state index in [2.05, 4.69) is 12.8 Å². The van der Waals surface area contributed by atoms with E-state index in [0.29, 0.717) is 11.7 Å². The van der Waals surface area contributed by atoms with E-state index in [4.69, 9.17) is 6.42 Å². The van der Waals surface area contributed by atoms with E-state index < -0.39 is 0 Å². The second-order valence-electron chi connectivity index (χ2n) is 2.71. The number of hydrogen-bond donors (Lipinski definition) is 0. The summed E-state index contributed by atoms with van der Waals surface area (Å²) < 4.78 is 0. The summed E-state index contributed by atoms with van der Waals surface area (Å²) in [6, 6.07) is 0. The molecule has 0 radical (unpaired) electrons. The fraction of sp³-hybridized carbons (Fsp3) is 0.667. The van der Waals surface area contributed by atoms with Crippen LogP contribution in [0.15, 0.2) is 0 Å². The highest BCUT2D eigenvalue weighted by Gasteiger charge is 2.27. The van der Waals surface area contributed by atoms with E-state index in [0.717, 1.165) is 11.5 Å². The van der Waals surface area contributed by atoms with Crippen LogP contribution in [-0.4, -0.2) is 27.8 Å². The lowest BCUT2D eigenvalue weighted by atomic mass is 10.2. The normalized spacial score (nSPS) is 29.3. The van der Waals surface area contributed by atoms with Gasteiger partial charge in [0.1, 0.15) is 0 Å². The summed E-state index contributed by atoms with van der Waals surface area (Å²) in [4.78, 5) is 11.4. The molecule has 1 nitrogen and oxygen atoms in total. The van der Waals surface area contributed by atoms with Crippen LogP contribution in [0.1, 0.15) is 13.3 Å². The lowest BCUT2D eigenvalue weighted by Crippen LogP contribution is -2.30. The number of hydrogen-bond acceptors (Lipinski definition) is 3. The molecular weight excluding hydrogens is 188 g/mol. The van der Waals surface area contributed by atoms with Gasteiger partial charge in [-0.3, -0.25) is 4.79 Å². The molecule has 2 unspecified atom stereocenters. The lowest BCUT2D eigenvalue weighted by molar-refractivity contribution is -0.117. The van der Waals surface area contributed by atoms with Crippen LogP contribution < -0.4 is 0 Å². The maximum Gasteiger partial charge on any atom is 0.158 e. The summed E-state index contributed by atoms with van der Waals surface area (Å²) in [5.74, 6) is 4.88. The zero-order valence-electron chi connectivity index (χ0n) is 7.08. The van der Waals surface area contributed by atoms with Crippen molar-refractivity contribution < 1.29 is 4.79 Å². The van der Waals surface area contributed by atoms with Crippen molar-refractivity contribution in [3.63, 3.8) is 0 Å². The number of carbonyl (C=O) groups excluding carboxylic acids is 1. The Balaban J connectivity index is 2.49. The number of ketones is 1. The molecule has 1 aliphatic rings. The maximum absolute atomic E-state index is 11.4. The van der Waals surface area contributed by atoms with Crippen molar-refractivity contribution in [1.29, 1.82) is 0 Å². The van der Waals surface area contributed by atoms with Crippen LogP contribution in [0.25, 0.3) is 0 Å². The molecule has 0 saturated carbocycles. The molecule has 12 heavy (non-hydrogen) atoms. The summed E-state index contributed by atoms with van der Waals surface area (Å²) in [7, 11) is 0. The largest absolute Gasteiger partial charge is 0.297 e. The van der Waals surface area contributed by atoms with Gasteiger partial charge in [-0.25, -0.2) is 0 Å². The van der Waals surface area contributed by atoms with Crippen LogP contribution in [0, 0.1) is 12.3 Å². The van der Waals surface area contributed by atoms with E-state index in [1.165, 1.54) is 0 Å². The van der Waals surface area contributed by atoms with Gasteiger partial charge in [-0.2, -0.15) is 11.8 Å². The van der Waals surface area contributed by atoms with Crippen molar-refractivity contribution in [1.82, 2.24) is 0 Å². The smallest absolute Gasteiger partial charge is 0.158 e. The third kappa shape index (κ3) is 2.46. The molecule has 66 valence electrons. The molecular formula is C9H12OS2. The molecule has 1 heterocycles. The highest BCUT2D eigenvalue weighted by Crippen LogP contribution is 2.31. The molecule has 0 aromatic carbocycles. The number of rotatable bonds is 2. The molecule has 3 heteroatoms. The average Bonchev–Trinajstić information content (AvgIpc) is 2.05. The Hall–Kier alpha value is -0.0700. The summed E-state index contributed by atoms with van der Waals surface area (Å²) in [6.07, 6.45) is 5.39. The van der Waals surface area contributed by atoms with Gasteiger partial charge in [0.2, 0.25) is 0 Å². The number of Topliss-reactive ketones (excluding diaryl/α,β-unsaturated/α-hetero) is 1. The van der Waals surface area contributed by atoms with Crippen LogP contribution in [0.5, 0.6) is 0 Å². The van der Waals surface area contributed by atoms with Gasteiger partial charge in [-0.15, -0.1) is 18.2 Å². The van der Waals surface area contributed by atoms with Gasteiger partial charge in [-0.1, -0.05) is 12.8 Å². The fourth-order valence-corrected chi connectivity index (χ4v) is 3.92. The van der Waals surface area contributed by atoms with Crippen LogP contribution >= 0.6 is 23.5 Å². The first-order valence-electron chi connectivity index (χ1n) is 3.95. The Morgan fingerprint density at radius 3 is 2.83 bits per heavy atom. The Bertz CT molecular complexity index is 207. The van der Waals surface area contributed by atoms with Crippen molar-refractivity contribution >= 4 is 29.3 Å². The van der Waals surface area contributed by atoms with Crippen LogP contribution in [0.3, 0.4) is 0 Å². The molecule has 1 fully saturated rings. The molecule has 0 spiro atoms. The molecule has 0 N–H and O–H groups in total. The minimum absolute atomic E-state index is 0.139. The predicted molar refractivity (Wildman–Crippen MR) is 56.6 cm³/mol. The molecule has 2 atom stereocenters. The van der Waals surface area contributed by atoms with Crippen LogP contribution in [-0.2, 0) is 4.79 Å². The van der Waals surface area contributed by atoms with E-state index >= 15 is 0 Å². The monoisotopic (exact) mass is 200 g/mol. The van der Waals surface area contributed by atoms with Crippen molar-refractivity contribution in [3.05, 3.63) is 0 Å². The summed E-state index contributed by atoms with van der Waals surface area (Å²) in [6.45, 7) is 2.11. The molecule has 0 aliphatic carbocycles. The Labute approximate surface area is 82.1 Å². The van der Waals surface area contributed by atoms with Gasteiger partial charge in [-0.05, 0) is 0 Å². The van der Waals surface area contributed by atoms with Gasteiger partial charge < -0.3 is 0 Å². The van der Waals surface area contributed by atoms with Crippen molar-refractivity contribution in [2.45, 2.75) is 23.8 Å². The van der Waals surface area contributed by atoms with Crippen molar-refractivity contribution in [2.24, 2.45) is 0 Å². The Kier molecular flexibility index (Phi) is 4.03. The summed E-state index contributed by atoms with van der Waals surface area (Å²) in [5.41, 5.74) is 0.